The molecule has 0 fully saturated rings. The molecule has 3 N–H and O–H groups in total. The highest BCUT2D eigenvalue weighted by atomic mass is 35.5. The largest absolute Gasteiger partial charge is 0.459 e. The maximum absolute atomic E-state index is 11.9. The van der Waals surface area contributed by atoms with Crippen LogP contribution < -0.4 is 11.1 Å². The number of ether oxygens (including phenoxy) is 1. The van der Waals surface area contributed by atoms with Crippen LogP contribution in [0.1, 0.15) is 12.0 Å². The van der Waals surface area contributed by atoms with E-state index in [9.17, 15) is 9.59 Å². The fourth-order valence-corrected chi connectivity index (χ4v) is 2.09. The highest BCUT2D eigenvalue weighted by molar-refractivity contribution is 7.98. The van der Waals surface area contributed by atoms with E-state index >= 15 is 0 Å². The van der Waals surface area contributed by atoms with Crippen LogP contribution in [0.5, 0.6) is 0 Å². The number of nitrogens with one attached hydrogen (secondary N) is 1. The van der Waals surface area contributed by atoms with Crippen LogP contribution in [-0.2, 0) is 16.1 Å². The number of carbonyl (C=O) groups is 2. The Morgan fingerprint density at radius 3 is 2.60 bits per heavy atom. The van der Waals surface area contributed by atoms with E-state index in [0.717, 1.165) is 11.3 Å². The van der Waals surface area contributed by atoms with Crippen molar-refractivity contribution < 1.29 is 14.3 Å². The van der Waals surface area contributed by atoms with Crippen LogP contribution in [0.2, 0.25) is 5.02 Å². The van der Waals surface area contributed by atoms with E-state index in [1.54, 1.807) is 36.0 Å². The van der Waals surface area contributed by atoms with Gasteiger partial charge in [-0.15, -0.1) is 0 Å². The van der Waals surface area contributed by atoms with Crippen molar-refractivity contribution in [2.75, 3.05) is 12.0 Å². The minimum atomic E-state index is -0.737. The molecule has 0 aliphatic carbocycles. The van der Waals surface area contributed by atoms with E-state index in [-0.39, 0.29) is 6.61 Å². The fourth-order valence-electron chi connectivity index (χ4n) is 1.49. The monoisotopic (exact) mass is 316 g/mol. The van der Waals surface area contributed by atoms with Gasteiger partial charge in [0.2, 0.25) is 0 Å². The number of carbonyl (C=O) groups excluding carboxylic acids is 2. The molecule has 0 spiro atoms. The molecule has 1 aromatic rings. The van der Waals surface area contributed by atoms with Gasteiger partial charge in [-0.1, -0.05) is 23.7 Å². The van der Waals surface area contributed by atoms with Gasteiger partial charge in [-0.3, -0.25) is 0 Å². The Bertz CT molecular complexity index is 453. The lowest BCUT2D eigenvalue weighted by molar-refractivity contribution is -0.147. The van der Waals surface area contributed by atoms with Crippen molar-refractivity contribution >= 4 is 35.4 Å². The Kier molecular flexibility index (Phi) is 7.25. The first-order valence-corrected chi connectivity index (χ1v) is 7.76. The molecule has 0 heterocycles. The number of amides is 2. The second-order valence-electron chi connectivity index (χ2n) is 4.08. The first-order chi connectivity index (χ1) is 9.52. The number of hydrogen-bond donors (Lipinski definition) is 2. The summed E-state index contributed by atoms with van der Waals surface area (Å²) in [5.41, 5.74) is 5.87. The molecule has 0 bridgehead atoms. The molecule has 0 saturated heterocycles. The zero-order chi connectivity index (χ0) is 15.0. The molecule has 1 rings (SSSR count). The molecule has 7 heteroatoms. The number of primary amides is 1. The Morgan fingerprint density at radius 2 is 2.05 bits per heavy atom. The molecule has 0 aromatic heterocycles. The molecule has 2 amide bonds. The topological polar surface area (TPSA) is 81.4 Å². The van der Waals surface area contributed by atoms with Gasteiger partial charge in [0, 0.05) is 5.02 Å². The van der Waals surface area contributed by atoms with Gasteiger partial charge in [0.1, 0.15) is 12.6 Å². The highest BCUT2D eigenvalue weighted by Crippen LogP contribution is 2.11. The average Bonchev–Trinajstić information content (AvgIpc) is 2.42. The van der Waals surface area contributed by atoms with E-state index in [0.29, 0.717) is 11.4 Å². The second-order valence-corrected chi connectivity index (χ2v) is 5.50. The molecule has 0 aliphatic rings. The predicted octanol–water partition coefficient (Wildman–Crippen LogP) is 2.17. The summed E-state index contributed by atoms with van der Waals surface area (Å²) in [6, 6.07) is 5.53. The molecular formula is C13H17ClN2O3S. The van der Waals surface area contributed by atoms with Crippen LogP contribution in [0, 0.1) is 0 Å². The summed E-state index contributed by atoms with van der Waals surface area (Å²) in [7, 11) is 0. The third kappa shape index (κ3) is 6.16. The van der Waals surface area contributed by atoms with Gasteiger partial charge >= 0.3 is 12.0 Å². The molecular weight excluding hydrogens is 300 g/mol. The number of esters is 1. The van der Waals surface area contributed by atoms with Crippen LogP contribution in [0.15, 0.2) is 24.3 Å². The zero-order valence-electron chi connectivity index (χ0n) is 11.1. The third-order valence-corrected chi connectivity index (χ3v) is 3.40. The maximum atomic E-state index is 11.9. The molecule has 20 heavy (non-hydrogen) atoms. The zero-order valence-corrected chi connectivity index (χ0v) is 12.7. The van der Waals surface area contributed by atoms with Crippen molar-refractivity contribution in [1.29, 1.82) is 0 Å². The molecule has 1 atom stereocenters. The Morgan fingerprint density at radius 1 is 1.40 bits per heavy atom. The fraction of sp³-hybridized carbons (Fsp3) is 0.385. The first kappa shape index (κ1) is 16.7. The lowest BCUT2D eigenvalue weighted by Crippen LogP contribution is -2.44. The number of halogens is 1. The van der Waals surface area contributed by atoms with Crippen molar-refractivity contribution in [3.8, 4) is 0 Å². The minimum Gasteiger partial charge on any atom is -0.459 e. The molecule has 5 nitrogen and oxygen atoms in total. The highest BCUT2D eigenvalue weighted by Gasteiger charge is 2.20. The summed E-state index contributed by atoms with van der Waals surface area (Å²) in [6.45, 7) is 0.131. The van der Waals surface area contributed by atoms with Crippen molar-refractivity contribution in [1.82, 2.24) is 5.32 Å². The Labute approximate surface area is 127 Å². The van der Waals surface area contributed by atoms with E-state index < -0.39 is 18.0 Å². The number of benzene rings is 1. The normalized spacial score (nSPS) is 11.7. The minimum absolute atomic E-state index is 0.131. The van der Waals surface area contributed by atoms with E-state index in [1.807, 2.05) is 6.26 Å². The van der Waals surface area contributed by atoms with E-state index in [4.69, 9.17) is 22.1 Å². The van der Waals surface area contributed by atoms with Crippen molar-refractivity contribution in [2.24, 2.45) is 5.73 Å². The van der Waals surface area contributed by atoms with E-state index in [2.05, 4.69) is 5.32 Å². The van der Waals surface area contributed by atoms with Gasteiger partial charge in [-0.25, -0.2) is 9.59 Å². The van der Waals surface area contributed by atoms with Crippen LogP contribution in [0.3, 0.4) is 0 Å². The van der Waals surface area contributed by atoms with Crippen LogP contribution in [0.4, 0.5) is 4.79 Å². The first-order valence-electron chi connectivity index (χ1n) is 5.99. The van der Waals surface area contributed by atoms with Gasteiger partial charge in [0.15, 0.2) is 0 Å². The summed E-state index contributed by atoms with van der Waals surface area (Å²) in [6.07, 6.45) is 2.39. The number of rotatable bonds is 7. The smallest absolute Gasteiger partial charge is 0.329 e. The molecule has 0 aliphatic heterocycles. The van der Waals surface area contributed by atoms with Gasteiger partial charge in [-0.2, -0.15) is 11.8 Å². The van der Waals surface area contributed by atoms with Crippen molar-refractivity contribution in [3.05, 3.63) is 34.9 Å². The van der Waals surface area contributed by atoms with Crippen molar-refractivity contribution in [3.63, 3.8) is 0 Å². The predicted molar refractivity (Wildman–Crippen MR) is 80.8 cm³/mol. The molecule has 0 radical (unpaired) electrons. The lowest BCUT2D eigenvalue weighted by atomic mass is 10.2. The Hall–Kier alpha value is -1.40. The van der Waals surface area contributed by atoms with Crippen molar-refractivity contribution in [2.45, 2.75) is 19.1 Å². The summed E-state index contributed by atoms with van der Waals surface area (Å²) in [5.74, 6) is 0.230. The maximum Gasteiger partial charge on any atom is 0.329 e. The van der Waals surface area contributed by atoms with Gasteiger partial charge in [-0.05, 0) is 36.1 Å². The molecule has 0 unspecified atom stereocenters. The number of hydrogen-bond acceptors (Lipinski definition) is 4. The van der Waals surface area contributed by atoms with Gasteiger partial charge < -0.3 is 15.8 Å². The summed E-state index contributed by atoms with van der Waals surface area (Å²) < 4.78 is 5.17. The summed E-state index contributed by atoms with van der Waals surface area (Å²) in [4.78, 5) is 22.8. The van der Waals surface area contributed by atoms with Crippen LogP contribution in [0.25, 0.3) is 0 Å². The Balaban J connectivity index is 2.51. The summed E-state index contributed by atoms with van der Waals surface area (Å²) >= 11 is 7.34. The lowest BCUT2D eigenvalue weighted by Gasteiger charge is -2.16. The standard InChI is InChI=1S/C13H17ClN2O3S/c1-20-7-6-11(16-13(15)18)12(17)19-8-9-2-4-10(14)5-3-9/h2-5,11H,6-8H2,1H3,(H3,15,16,18)/t11-/m0/s1. The van der Waals surface area contributed by atoms with Gasteiger partial charge in [0.05, 0.1) is 0 Å². The molecule has 1 aromatic carbocycles. The number of urea groups is 1. The quantitative estimate of drug-likeness (QED) is 0.755. The summed E-state index contributed by atoms with van der Waals surface area (Å²) in [5, 5.41) is 3.01. The number of thioether (sulfide) groups is 1. The van der Waals surface area contributed by atoms with Crippen LogP contribution in [-0.4, -0.2) is 30.1 Å². The average molecular weight is 317 g/mol. The van der Waals surface area contributed by atoms with Gasteiger partial charge in [0.25, 0.3) is 0 Å². The second kappa shape index (κ2) is 8.71. The number of nitrogens with two attached hydrogens (primary N) is 1. The third-order valence-electron chi connectivity index (χ3n) is 2.51. The molecule has 110 valence electrons. The molecule has 0 saturated carbocycles. The van der Waals surface area contributed by atoms with E-state index in [1.165, 1.54) is 0 Å². The SMILES string of the molecule is CSCC[C@H](NC(N)=O)C(=O)OCc1ccc(Cl)cc1. The van der Waals surface area contributed by atoms with Crippen LogP contribution >= 0.6 is 23.4 Å².